The molecular weight excluding hydrogens is 382 g/mol. The smallest absolute Gasteiger partial charge is 0.161 e. The molecule has 134 valence electrons. The van der Waals surface area contributed by atoms with Crippen molar-refractivity contribution >= 4 is 15.9 Å². The van der Waals surface area contributed by atoms with E-state index < -0.39 is 0 Å². The number of rotatable bonds is 9. The van der Waals surface area contributed by atoms with E-state index in [-0.39, 0.29) is 6.10 Å². The van der Waals surface area contributed by atoms with E-state index in [0.717, 1.165) is 39.9 Å². The van der Waals surface area contributed by atoms with Crippen LogP contribution in [0.25, 0.3) is 0 Å². The van der Waals surface area contributed by atoms with Crippen LogP contribution in [0.1, 0.15) is 24.0 Å². The van der Waals surface area contributed by atoms with Crippen molar-refractivity contribution in [1.29, 1.82) is 0 Å². The van der Waals surface area contributed by atoms with Crippen molar-refractivity contribution in [3.8, 4) is 11.5 Å². The maximum atomic E-state index is 9.90. The molecule has 1 saturated carbocycles. The molecule has 0 bridgehead atoms. The predicted molar refractivity (Wildman–Crippen MR) is 102 cm³/mol. The number of hydrogen-bond acceptors (Lipinski definition) is 4. The molecule has 1 aliphatic carbocycles. The van der Waals surface area contributed by atoms with Gasteiger partial charge in [0.05, 0.1) is 13.2 Å². The Kier molecular flexibility index (Phi) is 6.34. The zero-order valence-corrected chi connectivity index (χ0v) is 16.0. The van der Waals surface area contributed by atoms with Gasteiger partial charge in [0.25, 0.3) is 0 Å². The molecule has 0 saturated heterocycles. The summed E-state index contributed by atoms with van der Waals surface area (Å²) in [5.74, 6) is 1.95. The summed E-state index contributed by atoms with van der Waals surface area (Å²) in [7, 11) is 1.65. The highest BCUT2D eigenvalue weighted by Gasteiger charge is 2.29. The fourth-order valence-corrected chi connectivity index (χ4v) is 2.96. The first kappa shape index (κ1) is 18.2. The van der Waals surface area contributed by atoms with E-state index in [1.165, 1.54) is 0 Å². The summed E-state index contributed by atoms with van der Waals surface area (Å²) in [4.78, 5) is 0. The standard InChI is InChI=1S/C20H24BrNO3/c1-24-20-10-15(11-22-12-18(23)16-5-6-16)4-9-19(20)25-13-14-2-7-17(21)8-3-14/h2-4,7-10,16,18,22-23H,5-6,11-13H2,1H3. The zero-order valence-electron chi connectivity index (χ0n) is 14.4. The van der Waals surface area contributed by atoms with Gasteiger partial charge in [0, 0.05) is 17.6 Å². The second kappa shape index (κ2) is 8.70. The molecule has 2 aromatic rings. The maximum absolute atomic E-state index is 9.90. The summed E-state index contributed by atoms with van der Waals surface area (Å²) in [5, 5.41) is 13.2. The molecule has 0 amide bonds. The van der Waals surface area contributed by atoms with E-state index in [9.17, 15) is 5.11 Å². The molecule has 25 heavy (non-hydrogen) atoms. The third kappa shape index (κ3) is 5.46. The first-order chi connectivity index (χ1) is 12.2. The van der Waals surface area contributed by atoms with Gasteiger partial charge in [-0.05, 0) is 54.2 Å². The van der Waals surface area contributed by atoms with Crippen LogP contribution in [0.2, 0.25) is 0 Å². The van der Waals surface area contributed by atoms with E-state index in [1.807, 2.05) is 42.5 Å². The number of methoxy groups -OCH3 is 1. The average molecular weight is 406 g/mol. The van der Waals surface area contributed by atoms with Crippen molar-refractivity contribution in [3.63, 3.8) is 0 Å². The Morgan fingerprint density at radius 2 is 1.84 bits per heavy atom. The van der Waals surface area contributed by atoms with Gasteiger partial charge in [-0.1, -0.05) is 34.1 Å². The van der Waals surface area contributed by atoms with E-state index in [0.29, 0.717) is 25.6 Å². The maximum Gasteiger partial charge on any atom is 0.161 e. The van der Waals surface area contributed by atoms with E-state index in [4.69, 9.17) is 9.47 Å². The van der Waals surface area contributed by atoms with Gasteiger partial charge in [0.15, 0.2) is 11.5 Å². The minimum atomic E-state index is -0.226. The van der Waals surface area contributed by atoms with Crippen molar-refractivity contribution in [3.05, 3.63) is 58.1 Å². The average Bonchev–Trinajstić information content (AvgIpc) is 3.47. The van der Waals surface area contributed by atoms with E-state index in [1.54, 1.807) is 7.11 Å². The molecule has 0 spiro atoms. The summed E-state index contributed by atoms with van der Waals surface area (Å²) < 4.78 is 12.4. The number of hydrogen-bond donors (Lipinski definition) is 2. The van der Waals surface area contributed by atoms with Crippen LogP contribution in [0.4, 0.5) is 0 Å². The molecule has 2 N–H and O–H groups in total. The molecule has 1 fully saturated rings. The summed E-state index contributed by atoms with van der Waals surface area (Å²) in [6.45, 7) is 1.83. The molecule has 5 heteroatoms. The Bertz CT molecular complexity index is 686. The molecule has 0 radical (unpaired) electrons. The lowest BCUT2D eigenvalue weighted by Crippen LogP contribution is -2.27. The van der Waals surface area contributed by atoms with Crippen molar-refractivity contribution in [2.24, 2.45) is 5.92 Å². The van der Waals surface area contributed by atoms with Crippen LogP contribution in [0.15, 0.2) is 46.9 Å². The van der Waals surface area contributed by atoms with Crippen molar-refractivity contribution in [2.45, 2.75) is 32.1 Å². The van der Waals surface area contributed by atoms with Gasteiger partial charge in [-0.25, -0.2) is 0 Å². The van der Waals surface area contributed by atoms with Gasteiger partial charge in [-0.15, -0.1) is 0 Å². The molecular formula is C20H24BrNO3. The van der Waals surface area contributed by atoms with Crippen LogP contribution in [-0.4, -0.2) is 24.9 Å². The molecule has 1 atom stereocenters. The first-order valence-electron chi connectivity index (χ1n) is 8.58. The Balaban J connectivity index is 1.54. The molecule has 3 rings (SSSR count). The van der Waals surface area contributed by atoms with Crippen molar-refractivity contribution in [1.82, 2.24) is 5.32 Å². The summed E-state index contributed by atoms with van der Waals surface area (Å²) in [5.41, 5.74) is 2.21. The van der Waals surface area contributed by atoms with E-state index >= 15 is 0 Å². The third-order valence-corrected chi connectivity index (χ3v) is 4.91. The number of benzene rings is 2. The minimum Gasteiger partial charge on any atom is -0.493 e. The highest BCUT2D eigenvalue weighted by molar-refractivity contribution is 9.10. The Morgan fingerprint density at radius 3 is 2.52 bits per heavy atom. The van der Waals surface area contributed by atoms with Gasteiger partial charge in [0.1, 0.15) is 6.61 Å². The normalized spacial score (nSPS) is 15.0. The van der Waals surface area contributed by atoms with Gasteiger partial charge in [0.2, 0.25) is 0 Å². The lowest BCUT2D eigenvalue weighted by Gasteiger charge is -2.14. The summed E-state index contributed by atoms with van der Waals surface area (Å²) in [6, 6.07) is 14.0. The molecule has 1 unspecified atom stereocenters. The van der Waals surface area contributed by atoms with Crippen LogP contribution >= 0.6 is 15.9 Å². The fraction of sp³-hybridized carbons (Fsp3) is 0.400. The largest absolute Gasteiger partial charge is 0.493 e. The highest BCUT2D eigenvalue weighted by Crippen LogP contribution is 2.32. The van der Waals surface area contributed by atoms with Crippen LogP contribution in [-0.2, 0) is 13.2 Å². The highest BCUT2D eigenvalue weighted by atomic mass is 79.9. The van der Waals surface area contributed by atoms with Crippen molar-refractivity contribution in [2.75, 3.05) is 13.7 Å². The predicted octanol–water partition coefficient (Wildman–Crippen LogP) is 3.90. The number of nitrogens with one attached hydrogen (secondary N) is 1. The number of halogens is 1. The molecule has 1 aliphatic rings. The summed E-state index contributed by atoms with van der Waals surface area (Å²) in [6.07, 6.45) is 2.08. The van der Waals surface area contributed by atoms with Gasteiger partial charge in [-0.2, -0.15) is 0 Å². The Labute approximate surface area is 157 Å². The van der Waals surface area contributed by atoms with Crippen molar-refractivity contribution < 1.29 is 14.6 Å². The van der Waals surface area contributed by atoms with Crippen LogP contribution in [0.5, 0.6) is 11.5 Å². The monoisotopic (exact) mass is 405 g/mol. The molecule has 4 nitrogen and oxygen atoms in total. The van der Waals surface area contributed by atoms with E-state index in [2.05, 4.69) is 21.2 Å². The number of aliphatic hydroxyl groups excluding tert-OH is 1. The first-order valence-corrected chi connectivity index (χ1v) is 9.38. The lowest BCUT2D eigenvalue weighted by molar-refractivity contribution is 0.148. The number of aliphatic hydroxyl groups is 1. The molecule has 0 heterocycles. The second-order valence-corrected chi connectivity index (χ2v) is 7.35. The van der Waals surface area contributed by atoms with Crippen LogP contribution in [0.3, 0.4) is 0 Å². The topological polar surface area (TPSA) is 50.7 Å². The quantitative estimate of drug-likeness (QED) is 0.664. The number of ether oxygens (including phenoxy) is 2. The molecule has 2 aromatic carbocycles. The summed E-state index contributed by atoms with van der Waals surface area (Å²) >= 11 is 3.43. The molecule has 0 aliphatic heterocycles. The lowest BCUT2D eigenvalue weighted by atomic mass is 10.2. The minimum absolute atomic E-state index is 0.226. The van der Waals surface area contributed by atoms with Gasteiger partial charge >= 0.3 is 0 Å². The Morgan fingerprint density at radius 1 is 1.12 bits per heavy atom. The SMILES string of the molecule is COc1cc(CNCC(O)C2CC2)ccc1OCc1ccc(Br)cc1. The fourth-order valence-electron chi connectivity index (χ4n) is 2.69. The molecule has 0 aromatic heterocycles. The van der Waals surface area contributed by atoms with Gasteiger partial charge < -0.3 is 19.9 Å². The van der Waals surface area contributed by atoms with Crippen LogP contribution in [0, 0.1) is 5.92 Å². The zero-order chi connectivity index (χ0) is 17.6. The third-order valence-electron chi connectivity index (χ3n) is 4.38. The van der Waals surface area contributed by atoms with Gasteiger partial charge in [-0.3, -0.25) is 0 Å². The Hall–Kier alpha value is -1.56. The second-order valence-electron chi connectivity index (χ2n) is 6.44. The van der Waals surface area contributed by atoms with Crippen LogP contribution < -0.4 is 14.8 Å².